The van der Waals surface area contributed by atoms with Gasteiger partial charge in [0.05, 0.1) is 19.6 Å². The van der Waals surface area contributed by atoms with Crippen molar-refractivity contribution in [3.63, 3.8) is 0 Å². The van der Waals surface area contributed by atoms with Gasteiger partial charge in [-0.1, -0.05) is 30.3 Å². The number of carbonyl (C=O) groups is 2. The Morgan fingerprint density at radius 1 is 1.30 bits per heavy atom. The number of nitrogens with one attached hydrogen (secondary N) is 1. The van der Waals surface area contributed by atoms with Crippen LogP contribution in [0.1, 0.15) is 18.4 Å². The lowest BCUT2D eigenvalue weighted by Crippen LogP contribution is -2.38. The summed E-state index contributed by atoms with van der Waals surface area (Å²) >= 11 is 0. The van der Waals surface area contributed by atoms with Gasteiger partial charge < -0.3 is 9.47 Å². The molecule has 6 heteroatoms. The second kappa shape index (κ2) is 6.18. The van der Waals surface area contributed by atoms with E-state index in [0.29, 0.717) is 0 Å². The molecule has 1 aliphatic heterocycles. The zero-order valence-corrected chi connectivity index (χ0v) is 11.3. The van der Waals surface area contributed by atoms with Gasteiger partial charge in [-0.15, -0.1) is 0 Å². The van der Waals surface area contributed by atoms with Crippen LogP contribution in [-0.2, 0) is 19.1 Å². The van der Waals surface area contributed by atoms with E-state index in [1.54, 1.807) is 6.92 Å². The number of hydrazone groups is 1. The van der Waals surface area contributed by atoms with Gasteiger partial charge in [0, 0.05) is 0 Å². The van der Waals surface area contributed by atoms with E-state index in [1.165, 1.54) is 7.11 Å². The van der Waals surface area contributed by atoms with Crippen molar-refractivity contribution >= 4 is 17.7 Å². The predicted octanol–water partition coefficient (Wildman–Crippen LogP) is 0.834. The van der Waals surface area contributed by atoms with E-state index in [4.69, 9.17) is 9.47 Å². The average Bonchev–Trinajstić information content (AvgIpc) is 2.92. The first kappa shape index (κ1) is 14.0. The summed E-state index contributed by atoms with van der Waals surface area (Å²) in [4.78, 5) is 23.8. The molecule has 2 atom stereocenters. The van der Waals surface area contributed by atoms with Crippen molar-refractivity contribution in [2.45, 2.75) is 18.9 Å². The van der Waals surface area contributed by atoms with E-state index < -0.39 is 23.9 Å². The molecule has 0 amide bonds. The van der Waals surface area contributed by atoms with Crippen LogP contribution in [0, 0.1) is 0 Å². The number of methoxy groups -OCH3 is 1. The molecular formula is C14H16N2O4. The normalized spacial score (nSPS) is 20.8. The van der Waals surface area contributed by atoms with Gasteiger partial charge in [0.2, 0.25) is 0 Å². The summed E-state index contributed by atoms with van der Waals surface area (Å²) in [5.74, 6) is -1.51. The number of ether oxygens (including phenoxy) is 2. The second-order valence-corrected chi connectivity index (χ2v) is 4.24. The van der Waals surface area contributed by atoms with Crippen LogP contribution in [0.5, 0.6) is 0 Å². The molecular weight excluding hydrogens is 260 g/mol. The van der Waals surface area contributed by atoms with E-state index in [9.17, 15) is 9.59 Å². The third-order valence-electron chi connectivity index (χ3n) is 3.05. The average molecular weight is 276 g/mol. The predicted molar refractivity (Wildman–Crippen MR) is 72.2 cm³/mol. The van der Waals surface area contributed by atoms with E-state index in [-0.39, 0.29) is 12.3 Å². The molecule has 0 aromatic heterocycles. The molecule has 0 fully saturated rings. The van der Waals surface area contributed by atoms with Crippen molar-refractivity contribution in [3.05, 3.63) is 35.9 Å². The molecule has 6 nitrogen and oxygen atoms in total. The highest BCUT2D eigenvalue weighted by Crippen LogP contribution is 2.27. The Bertz CT molecular complexity index is 527. The van der Waals surface area contributed by atoms with Gasteiger partial charge in [-0.3, -0.25) is 5.43 Å². The molecule has 1 N–H and O–H groups in total. The lowest BCUT2D eigenvalue weighted by atomic mass is 9.88. The Morgan fingerprint density at radius 2 is 2.00 bits per heavy atom. The number of carbonyl (C=O) groups excluding carboxylic acids is 2. The first-order chi connectivity index (χ1) is 9.69. The van der Waals surface area contributed by atoms with Crippen molar-refractivity contribution in [1.29, 1.82) is 0 Å². The van der Waals surface area contributed by atoms with E-state index in [1.807, 2.05) is 30.3 Å². The van der Waals surface area contributed by atoms with Gasteiger partial charge >= 0.3 is 11.9 Å². The molecule has 1 aromatic rings. The van der Waals surface area contributed by atoms with Crippen LogP contribution in [0.2, 0.25) is 0 Å². The summed E-state index contributed by atoms with van der Waals surface area (Å²) in [6.45, 7) is 1.97. The molecule has 0 aliphatic carbocycles. The van der Waals surface area contributed by atoms with E-state index >= 15 is 0 Å². The Labute approximate surface area is 116 Å². The molecule has 20 heavy (non-hydrogen) atoms. The molecule has 1 aromatic carbocycles. The highest BCUT2D eigenvalue weighted by molar-refractivity contribution is 6.39. The Morgan fingerprint density at radius 3 is 2.60 bits per heavy atom. The Hall–Kier alpha value is -2.37. The number of benzene rings is 1. The van der Waals surface area contributed by atoms with Gasteiger partial charge in [-0.2, -0.15) is 5.10 Å². The summed E-state index contributed by atoms with van der Waals surface area (Å²) in [7, 11) is 1.30. The minimum Gasteiger partial charge on any atom is -0.467 e. The molecule has 0 unspecified atom stereocenters. The minimum atomic E-state index is -0.721. The summed E-state index contributed by atoms with van der Waals surface area (Å²) in [5, 5.41) is 3.95. The maximum absolute atomic E-state index is 11.9. The van der Waals surface area contributed by atoms with Gasteiger partial charge in [0.1, 0.15) is 0 Å². The lowest BCUT2D eigenvalue weighted by molar-refractivity contribution is -0.143. The summed E-state index contributed by atoms with van der Waals surface area (Å²) in [6.07, 6.45) is 0. The zero-order chi connectivity index (χ0) is 14.5. The third-order valence-corrected chi connectivity index (χ3v) is 3.05. The third kappa shape index (κ3) is 2.64. The van der Waals surface area contributed by atoms with Crippen LogP contribution in [0.25, 0.3) is 0 Å². The lowest BCUT2D eigenvalue weighted by Gasteiger charge is -2.18. The van der Waals surface area contributed by atoms with Crippen molar-refractivity contribution in [3.8, 4) is 0 Å². The number of nitrogens with zero attached hydrogens (tertiary/aromatic N) is 1. The summed E-state index contributed by atoms with van der Waals surface area (Å²) in [5.41, 5.74) is 3.65. The standard InChI is InChI=1S/C14H16N2O4/c1-3-20-14(18)12-10(9-7-5-4-6-8-9)11(15-16-12)13(17)19-2/h4-8,10-11,15H,3H2,1-2H3/t10-,11+/m1/s1. The van der Waals surface area contributed by atoms with Gasteiger partial charge in [0.25, 0.3) is 0 Å². The molecule has 0 bridgehead atoms. The van der Waals surface area contributed by atoms with Crippen LogP contribution < -0.4 is 5.43 Å². The van der Waals surface area contributed by atoms with Crippen LogP contribution in [0.3, 0.4) is 0 Å². The molecule has 0 saturated carbocycles. The molecule has 1 heterocycles. The number of hydrogen-bond donors (Lipinski definition) is 1. The summed E-state index contributed by atoms with van der Waals surface area (Å²) in [6, 6.07) is 8.49. The Kier molecular flexibility index (Phi) is 4.34. The van der Waals surface area contributed by atoms with Crippen molar-refractivity contribution in [2.75, 3.05) is 13.7 Å². The van der Waals surface area contributed by atoms with Crippen LogP contribution in [0.4, 0.5) is 0 Å². The van der Waals surface area contributed by atoms with Gasteiger partial charge in [-0.25, -0.2) is 9.59 Å². The highest BCUT2D eigenvalue weighted by Gasteiger charge is 2.42. The molecule has 0 saturated heterocycles. The van der Waals surface area contributed by atoms with Crippen molar-refractivity contribution in [1.82, 2.24) is 5.43 Å². The SMILES string of the molecule is CCOC(=O)C1=NN[C@H](C(=O)OC)[C@H]1c1ccccc1. The van der Waals surface area contributed by atoms with Crippen LogP contribution in [0.15, 0.2) is 35.4 Å². The largest absolute Gasteiger partial charge is 0.467 e. The smallest absolute Gasteiger partial charge is 0.355 e. The second-order valence-electron chi connectivity index (χ2n) is 4.24. The van der Waals surface area contributed by atoms with E-state index in [2.05, 4.69) is 10.5 Å². The quantitative estimate of drug-likeness (QED) is 0.824. The monoisotopic (exact) mass is 276 g/mol. The first-order valence-corrected chi connectivity index (χ1v) is 6.32. The fourth-order valence-electron chi connectivity index (χ4n) is 2.15. The van der Waals surface area contributed by atoms with E-state index in [0.717, 1.165) is 5.56 Å². The maximum atomic E-state index is 11.9. The summed E-state index contributed by atoms with van der Waals surface area (Å²) < 4.78 is 9.72. The molecule has 0 radical (unpaired) electrons. The highest BCUT2D eigenvalue weighted by atomic mass is 16.5. The number of rotatable bonds is 4. The maximum Gasteiger partial charge on any atom is 0.355 e. The first-order valence-electron chi connectivity index (χ1n) is 6.32. The number of hydrogen-bond acceptors (Lipinski definition) is 6. The minimum absolute atomic E-state index is 0.188. The fourth-order valence-corrected chi connectivity index (χ4v) is 2.15. The van der Waals surface area contributed by atoms with Crippen LogP contribution >= 0.6 is 0 Å². The van der Waals surface area contributed by atoms with Gasteiger partial charge in [-0.05, 0) is 12.5 Å². The van der Waals surface area contributed by atoms with Crippen molar-refractivity contribution in [2.24, 2.45) is 5.10 Å². The molecule has 106 valence electrons. The fraction of sp³-hybridized carbons (Fsp3) is 0.357. The Balaban J connectivity index is 2.33. The topological polar surface area (TPSA) is 77.0 Å². The van der Waals surface area contributed by atoms with Gasteiger partial charge in [0.15, 0.2) is 11.8 Å². The molecule has 2 rings (SSSR count). The molecule has 0 spiro atoms. The number of esters is 2. The van der Waals surface area contributed by atoms with Crippen molar-refractivity contribution < 1.29 is 19.1 Å². The van der Waals surface area contributed by atoms with Crippen LogP contribution in [-0.4, -0.2) is 37.4 Å². The molecule has 1 aliphatic rings. The zero-order valence-electron chi connectivity index (χ0n) is 11.3.